The van der Waals surface area contributed by atoms with E-state index in [1.807, 2.05) is 29.0 Å². The van der Waals surface area contributed by atoms with Crippen molar-refractivity contribution in [3.8, 4) is 0 Å². The van der Waals surface area contributed by atoms with Crippen LogP contribution in [0.25, 0.3) is 11.2 Å². The van der Waals surface area contributed by atoms with Gasteiger partial charge in [0.05, 0.1) is 12.9 Å². The monoisotopic (exact) mass is 300 g/mol. The van der Waals surface area contributed by atoms with Crippen LogP contribution in [0.5, 0.6) is 0 Å². The Balaban J connectivity index is 1.97. The lowest BCUT2D eigenvalue weighted by molar-refractivity contribution is 0.200. The van der Waals surface area contributed by atoms with Crippen LogP contribution in [0.3, 0.4) is 0 Å². The average Bonchev–Trinajstić information content (AvgIpc) is 2.92. The van der Waals surface area contributed by atoms with E-state index in [9.17, 15) is 5.11 Å². The second-order valence-electron chi connectivity index (χ2n) is 4.76. The van der Waals surface area contributed by atoms with Crippen molar-refractivity contribution in [3.63, 3.8) is 0 Å². The lowest BCUT2D eigenvalue weighted by Crippen LogP contribution is -2.06. The van der Waals surface area contributed by atoms with E-state index in [0.717, 1.165) is 5.65 Å². The van der Waals surface area contributed by atoms with Crippen molar-refractivity contribution in [2.24, 2.45) is 0 Å². The Kier molecular flexibility index (Phi) is 4.17. The first-order chi connectivity index (χ1) is 10.3. The highest BCUT2D eigenvalue weighted by molar-refractivity contribution is 7.98. The predicted octanol–water partition coefficient (Wildman–Crippen LogP) is 2.27. The van der Waals surface area contributed by atoms with Crippen LogP contribution in [-0.4, -0.2) is 36.6 Å². The van der Waals surface area contributed by atoms with E-state index in [-0.39, 0.29) is 0 Å². The van der Waals surface area contributed by atoms with Gasteiger partial charge in [-0.3, -0.25) is 0 Å². The van der Waals surface area contributed by atoms with Gasteiger partial charge in [0.15, 0.2) is 5.65 Å². The molecule has 2 heterocycles. The molecule has 0 radical (unpaired) electrons. The Labute approximate surface area is 127 Å². The normalized spacial score (nSPS) is 12.7. The number of fused-ring (bicyclic) bond motifs is 1. The summed E-state index contributed by atoms with van der Waals surface area (Å²) in [7, 11) is 0. The molecule has 3 aromatic rings. The minimum Gasteiger partial charge on any atom is -0.386 e. The molecule has 0 saturated heterocycles. The number of hydrogen-bond donors (Lipinski definition) is 1. The zero-order valence-corrected chi connectivity index (χ0v) is 12.5. The number of aliphatic hydroxyl groups is 1. The maximum absolute atomic E-state index is 10.2. The van der Waals surface area contributed by atoms with Gasteiger partial charge in [0.25, 0.3) is 0 Å². The van der Waals surface area contributed by atoms with Crippen LogP contribution in [0.15, 0.2) is 43.0 Å². The zero-order valence-electron chi connectivity index (χ0n) is 11.7. The third-order valence-electron chi connectivity index (χ3n) is 3.27. The number of hydrogen-bond acceptors (Lipinski definition) is 5. The second kappa shape index (κ2) is 6.24. The Morgan fingerprint density at radius 3 is 2.76 bits per heavy atom. The first-order valence-electron chi connectivity index (χ1n) is 6.66. The predicted molar refractivity (Wildman–Crippen MR) is 84.2 cm³/mol. The molecule has 0 fully saturated rings. The number of aromatic nitrogens is 4. The molecule has 1 atom stereocenters. The van der Waals surface area contributed by atoms with E-state index < -0.39 is 6.10 Å². The van der Waals surface area contributed by atoms with Crippen LogP contribution >= 0.6 is 11.8 Å². The molecule has 1 unspecified atom stereocenters. The summed E-state index contributed by atoms with van der Waals surface area (Å²) in [5.41, 5.74) is 3.21. The van der Waals surface area contributed by atoms with Gasteiger partial charge in [0.2, 0.25) is 0 Å². The van der Waals surface area contributed by atoms with Gasteiger partial charge < -0.3 is 9.67 Å². The Hall–Kier alpha value is -1.92. The van der Waals surface area contributed by atoms with Crippen molar-refractivity contribution in [2.75, 3.05) is 12.0 Å². The van der Waals surface area contributed by atoms with Crippen molar-refractivity contribution in [3.05, 3.63) is 54.2 Å². The lowest BCUT2D eigenvalue weighted by Gasteiger charge is -2.09. The van der Waals surface area contributed by atoms with Crippen molar-refractivity contribution in [2.45, 2.75) is 12.6 Å². The van der Waals surface area contributed by atoms with E-state index in [2.05, 4.69) is 27.1 Å². The van der Waals surface area contributed by atoms with E-state index in [4.69, 9.17) is 0 Å². The number of imidazole rings is 1. The summed E-state index contributed by atoms with van der Waals surface area (Å²) in [6, 6.07) is 10.1. The first-order valence-corrected chi connectivity index (χ1v) is 8.05. The number of benzene rings is 1. The zero-order chi connectivity index (χ0) is 14.7. The van der Waals surface area contributed by atoms with E-state index in [0.29, 0.717) is 23.5 Å². The Morgan fingerprint density at radius 1 is 1.19 bits per heavy atom. The highest BCUT2D eigenvalue weighted by Crippen LogP contribution is 2.22. The van der Waals surface area contributed by atoms with Gasteiger partial charge in [-0.05, 0) is 11.8 Å². The fourth-order valence-electron chi connectivity index (χ4n) is 2.28. The quantitative estimate of drug-likeness (QED) is 0.783. The maximum atomic E-state index is 10.2. The molecular weight excluding hydrogens is 284 g/mol. The fraction of sp³-hybridized carbons (Fsp3) is 0.267. The van der Waals surface area contributed by atoms with Gasteiger partial charge in [0, 0.05) is 5.75 Å². The average molecular weight is 300 g/mol. The van der Waals surface area contributed by atoms with E-state index in [1.54, 1.807) is 18.1 Å². The van der Waals surface area contributed by atoms with Crippen LogP contribution in [-0.2, 0) is 6.54 Å². The van der Waals surface area contributed by atoms with Gasteiger partial charge in [-0.1, -0.05) is 30.3 Å². The molecule has 6 heteroatoms. The molecule has 0 aliphatic rings. The summed E-state index contributed by atoms with van der Waals surface area (Å²) in [5, 5.41) is 10.2. The molecule has 0 amide bonds. The topological polar surface area (TPSA) is 63.8 Å². The molecule has 108 valence electrons. The molecule has 0 aliphatic heterocycles. The fourth-order valence-corrected chi connectivity index (χ4v) is 2.75. The summed E-state index contributed by atoms with van der Waals surface area (Å²) < 4.78 is 1.97. The van der Waals surface area contributed by atoms with Gasteiger partial charge in [-0.25, -0.2) is 15.0 Å². The molecule has 0 saturated carbocycles. The summed E-state index contributed by atoms with van der Waals surface area (Å²) in [5.74, 6) is 0.595. The van der Waals surface area contributed by atoms with Gasteiger partial charge in [0.1, 0.15) is 23.6 Å². The van der Waals surface area contributed by atoms with Crippen molar-refractivity contribution in [1.82, 2.24) is 19.5 Å². The van der Waals surface area contributed by atoms with E-state index >= 15 is 0 Å². The molecule has 21 heavy (non-hydrogen) atoms. The number of thioether (sulfide) groups is 1. The molecule has 1 N–H and O–H groups in total. The third kappa shape index (κ3) is 2.91. The molecule has 0 bridgehead atoms. The molecule has 2 aromatic heterocycles. The van der Waals surface area contributed by atoms with Gasteiger partial charge in [-0.2, -0.15) is 11.8 Å². The molecular formula is C15H16N4OS. The molecule has 1 aromatic carbocycles. The lowest BCUT2D eigenvalue weighted by atomic mass is 10.2. The van der Waals surface area contributed by atoms with Crippen molar-refractivity contribution < 1.29 is 5.11 Å². The summed E-state index contributed by atoms with van der Waals surface area (Å²) >= 11 is 1.58. The number of rotatable bonds is 5. The summed E-state index contributed by atoms with van der Waals surface area (Å²) in [6.07, 6.45) is 4.58. The van der Waals surface area contributed by atoms with Crippen molar-refractivity contribution in [1.29, 1.82) is 0 Å². The minimum atomic E-state index is -0.620. The highest BCUT2D eigenvalue weighted by atomic mass is 32.2. The minimum absolute atomic E-state index is 0.595. The van der Waals surface area contributed by atoms with E-state index in [1.165, 1.54) is 11.9 Å². The van der Waals surface area contributed by atoms with Crippen LogP contribution in [0.1, 0.15) is 17.4 Å². The number of nitrogens with zero attached hydrogens (tertiary/aromatic N) is 4. The Bertz CT molecular complexity index is 729. The van der Waals surface area contributed by atoms with Crippen LogP contribution < -0.4 is 0 Å². The van der Waals surface area contributed by atoms with Crippen LogP contribution in [0, 0.1) is 0 Å². The largest absolute Gasteiger partial charge is 0.386 e. The maximum Gasteiger partial charge on any atom is 0.163 e. The molecule has 0 spiro atoms. The van der Waals surface area contributed by atoms with Crippen LogP contribution in [0.4, 0.5) is 0 Å². The number of aliphatic hydroxyl groups excluding tert-OH is 1. The third-order valence-corrected chi connectivity index (χ3v) is 3.91. The van der Waals surface area contributed by atoms with Crippen molar-refractivity contribution >= 4 is 22.9 Å². The SMILES string of the molecule is CSCC(O)c1ncnc2c1ncn2Cc1ccccc1. The molecule has 0 aliphatic carbocycles. The highest BCUT2D eigenvalue weighted by Gasteiger charge is 2.16. The summed E-state index contributed by atoms with van der Waals surface area (Å²) in [4.78, 5) is 12.9. The van der Waals surface area contributed by atoms with Gasteiger partial charge >= 0.3 is 0 Å². The smallest absolute Gasteiger partial charge is 0.163 e. The standard InChI is InChI=1S/C15H16N4OS/c1-21-8-12(20)13-14-15(17-9-16-13)19(10-18-14)7-11-5-3-2-4-6-11/h2-6,9-10,12,20H,7-8H2,1H3. The Morgan fingerprint density at radius 2 is 2.00 bits per heavy atom. The second-order valence-corrected chi connectivity index (χ2v) is 5.67. The van der Waals surface area contributed by atoms with Crippen LogP contribution in [0.2, 0.25) is 0 Å². The first kappa shape index (κ1) is 14.0. The van der Waals surface area contributed by atoms with Gasteiger partial charge in [-0.15, -0.1) is 0 Å². The summed E-state index contributed by atoms with van der Waals surface area (Å²) in [6.45, 7) is 0.701. The molecule has 5 nitrogen and oxygen atoms in total. The molecule has 3 rings (SSSR count).